The molecule has 11 nitrogen and oxygen atoms in total. The molecule has 6 fully saturated rings. The molecule has 3 aromatic rings. The summed E-state index contributed by atoms with van der Waals surface area (Å²) in [6.07, 6.45) is 0.962. The minimum atomic E-state index is -0.745. The molecule has 10 rings (SSSR count). The summed E-state index contributed by atoms with van der Waals surface area (Å²) in [6.45, 7) is 2.29. The molecule has 3 heterocycles. The van der Waals surface area contributed by atoms with Crippen molar-refractivity contribution >= 4 is 34.8 Å². The first-order valence-corrected chi connectivity index (χ1v) is 13.5. The zero-order valence-corrected chi connectivity index (χ0v) is 21.2. The lowest BCUT2D eigenvalue weighted by molar-refractivity contribution is -0.638. The third-order valence-electron chi connectivity index (χ3n) is 11.0. The predicted molar refractivity (Wildman–Crippen MR) is 134 cm³/mol. The number of aromatic nitrogens is 3. The number of fused-ring (bicyclic) bond motifs is 2. The van der Waals surface area contributed by atoms with E-state index in [2.05, 4.69) is 26.0 Å². The first kappa shape index (κ1) is 22.5. The molecule has 3 amide bonds. The van der Waals surface area contributed by atoms with Gasteiger partial charge in [0.2, 0.25) is 0 Å². The summed E-state index contributed by atoms with van der Waals surface area (Å²) in [4.78, 5) is 54.3. The number of anilines is 1. The third kappa shape index (κ3) is 2.20. The summed E-state index contributed by atoms with van der Waals surface area (Å²) in [5.41, 5.74) is 0.970. The Bertz CT molecular complexity index is 1710. The predicted octanol–water partition coefficient (Wildman–Crippen LogP) is 1.19. The molecule has 1 aromatic carbocycles. The summed E-state index contributed by atoms with van der Waals surface area (Å²) in [7, 11) is 0. The summed E-state index contributed by atoms with van der Waals surface area (Å²) < 4.78 is 21.0. The van der Waals surface area contributed by atoms with Gasteiger partial charge in [-0.2, -0.15) is 5.10 Å². The van der Waals surface area contributed by atoms with E-state index < -0.39 is 17.6 Å². The van der Waals surface area contributed by atoms with E-state index in [1.165, 1.54) is 6.07 Å². The van der Waals surface area contributed by atoms with E-state index in [9.17, 15) is 23.6 Å². The second-order valence-corrected chi connectivity index (χ2v) is 12.0. The van der Waals surface area contributed by atoms with Gasteiger partial charge in [0.15, 0.2) is 18.1 Å². The Morgan fingerprint density at radius 2 is 1.85 bits per heavy atom. The highest BCUT2D eigenvalue weighted by Crippen LogP contribution is 3.10. The number of hydrogen-bond acceptors (Lipinski definition) is 7. The van der Waals surface area contributed by atoms with E-state index in [4.69, 9.17) is 4.74 Å². The summed E-state index contributed by atoms with van der Waals surface area (Å²) in [5.74, 6) is 1.92. The SMILES string of the molecule is CC(=O)C12C3C4C1C1C2C3C41CNC(=O)c1cc(C(=O)NCc2ccc3c(c2)NC(=O)CO3)nc2c(F)cnn12. The minimum absolute atomic E-state index is 0.0183. The number of carbonyl (C=O) groups excluding carboxylic acids is 4. The van der Waals surface area contributed by atoms with Crippen LogP contribution in [0.25, 0.3) is 5.65 Å². The van der Waals surface area contributed by atoms with E-state index in [1.54, 1.807) is 25.1 Å². The maximum absolute atomic E-state index is 14.5. The molecule has 6 saturated carbocycles. The molecule has 7 aliphatic rings. The molecular formula is C28H23FN6O5. The van der Waals surface area contributed by atoms with Gasteiger partial charge in [-0.1, -0.05) is 6.07 Å². The molecule has 1 aliphatic heterocycles. The Balaban J connectivity index is 0.923. The molecule has 0 bridgehead atoms. The molecule has 0 saturated heterocycles. The first-order valence-electron chi connectivity index (χ1n) is 13.5. The number of nitrogens with one attached hydrogen (secondary N) is 3. The Kier molecular flexibility index (Phi) is 3.85. The van der Waals surface area contributed by atoms with Gasteiger partial charge in [0.05, 0.1) is 11.9 Å². The Labute approximate surface area is 225 Å². The van der Waals surface area contributed by atoms with Gasteiger partial charge in [0, 0.05) is 24.6 Å². The molecule has 202 valence electrons. The van der Waals surface area contributed by atoms with Crippen molar-refractivity contribution in [3.05, 3.63) is 53.2 Å². The average Bonchev–Trinajstić information content (AvgIpc) is 3.34. The van der Waals surface area contributed by atoms with Crippen LogP contribution in [-0.2, 0) is 16.1 Å². The summed E-state index contributed by atoms with van der Waals surface area (Å²) in [6, 6.07) is 6.47. The normalized spacial score (nSPS) is 35.8. The standard InChI is InChI=1S/C28H23FN6O5/c1-10(36)28-21-18-22(28)20-23(28)19(21)27(18,20)9-31-26(39)15-5-14(34-24-12(29)7-32-35(15)24)25(38)30-6-11-2-3-16-13(4-11)33-17(37)8-40-16/h2-5,7,18-23H,6,8-9H2,1H3,(H,30,38)(H,31,39)(H,33,37). The second kappa shape index (κ2) is 6.86. The van der Waals surface area contributed by atoms with Gasteiger partial charge in [-0.05, 0) is 65.5 Å². The van der Waals surface area contributed by atoms with Gasteiger partial charge in [-0.3, -0.25) is 19.2 Å². The largest absolute Gasteiger partial charge is 0.482 e. The fraction of sp³-hybridized carbons (Fsp3) is 0.429. The molecular weight excluding hydrogens is 519 g/mol. The van der Waals surface area contributed by atoms with E-state index in [0.29, 0.717) is 64.8 Å². The number of benzene rings is 1. The summed E-state index contributed by atoms with van der Waals surface area (Å²) in [5, 5.41) is 12.4. The van der Waals surface area contributed by atoms with Crippen molar-refractivity contribution in [2.45, 2.75) is 13.5 Å². The summed E-state index contributed by atoms with van der Waals surface area (Å²) >= 11 is 0. The smallest absolute Gasteiger partial charge is 0.270 e. The maximum Gasteiger partial charge on any atom is 0.270 e. The third-order valence-corrected chi connectivity index (χ3v) is 11.0. The van der Waals surface area contributed by atoms with Crippen LogP contribution in [0.4, 0.5) is 10.1 Å². The van der Waals surface area contributed by atoms with E-state index in [-0.39, 0.29) is 46.9 Å². The molecule has 0 atom stereocenters. The lowest BCUT2D eigenvalue weighted by atomic mass is 8.92. The number of nitrogens with zero attached hydrogens (tertiary/aromatic N) is 3. The quantitative estimate of drug-likeness (QED) is 0.407. The molecule has 12 heteroatoms. The number of hydrogen-bond donors (Lipinski definition) is 3. The van der Waals surface area contributed by atoms with Crippen molar-refractivity contribution in [1.29, 1.82) is 0 Å². The average molecular weight is 543 g/mol. The van der Waals surface area contributed by atoms with Crippen LogP contribution in [0.3, 0.4) is 0 Å². The maximum atomic E-state index is 14.5. The highest BCUT2D eigenvalue weighted by atomic mass is 19.1. The van der Waals surface area contributed by atoms with Crippen LogP contribution in [0.2, 0.25) is 0 Å². The van der Waals surface area contributed by atoms with Crippen LogP contribution in [0.5, 0.6) is 5.75 Å². The number of ketones is 1. The number of halogens is 1. The fourth-order valence-electron chi connectivity index (χ4n) is 9.86. The minimum Gasteiger partial charge on any atom is -0.482 e. The van der Waals surface area contributed by atoms with Crippen LogP contribution in [0.15, 0.2) is 30.5 Å². The number of Topliss-reactive ketones (excluding diaryl/α,β-unsaturated/α-hetero) is 1. The van der Waals surface area contributed by atoms with Crippen LogP contribution < -0.4 is 20.7 Å². The van der Waals surface area contributed by atoms with Gasteiger partial charge in [0.1, 0.15) is 22.9 Å². The Morgan fingerprint density at radius 1 is 1.10 bits per heavy atom. The van der Waals surface area contributed by atoms with E-state index >= 15 is 0 Å². The Hall–Kier alpha value is -4.35. The number of carbonyl (C=O) groups is 4. The van der Waals surface area contributed by atoms with Gasteiger partial charge < -0.3 is 20.7 Å². The molecule has 0 unspecified atom stereocenters. The molecule has 0 spiro atoms. The van der Waals surface area contributed by atoms with Crippen LogP contribution in [0, 0.1) is 52.2 Å². The van der Waals surface area contributed by atoms with Crippen LogP contribution in [-0.4, -0.2) is 51.3 Å². The lowest BCUT2D eigenvalue weighted by Crippen LogP contribution is -3.11. The fourth-order valence-corrected chi connectivity index (χ4v) is 9.86. The highest BCUT2D eigenvalue weighted by Gasteiger charge is 3.10. The van der Waals surface area contributed by atoms with E-state index in [1.807, 2.05) is 0 Å². The van der Waals surface area contributed by atoms with Gasteiger partial charge in [-0.15, -0.1) is 0 Å². The Morgan fingerprint density at radius 3 is 2.58 bits per heavy atom. The van der Waals surface area contributed by atoms with Gasteiger partial charge in [0.25, 0.3) is 17.7 Å². The second-order valence-electron chi connectivity index (χ2n) is 12.0. The monoisotopic (exact) mass is 542 g/mol. The van der Waals surface area contributed by atoms with Crippen LogP contribution >= 0.6 is 0 Å². The van der Waals surface area contributed by atoms with E-state index in [0.717, 1.165) is 10.7 Å². The zero-order valence-electron chi connectivity index (χ0n) is 21.2. The van der Waals surface area contributed by atoms with Crippen molar-refractivity contribution in [2.24, 2.45) is 46.3 Å². The number of ether oxygens (including phenoxy) is 1. The lowest BCUT2D eigenvalue weighted by Gasteiger charge is -3.11. The molecule has 2 aromatic heterocycles. The van der Waals surface area contributed by atoms with Crippen molar-refractivity contribution in [1.82, 2.24) is 25.2 Å². The van der Waals surface area contributed by atoms with Crippen molar-refractivity contribution in [2.75, 3.05) is 18.5 Å². The molecule has 6 aliphatic carbocycles. The van der Waals surface area contributed by atoms with Crippen LogP contribution in [0.1, 0.15) is 33.5 Å². The van der Waals surface area contributed by atoms with Crippen molar-refractivity contribution < 1.29 is 28.3 Å². The number of amides is 3. The number of rotatable bonds is 7. The topological polar surface area (TPSA) is 144 Å². The molecule has 0 radical (unpaired) electrons. The zero-order chi connectivity index (χ0) is 27.3. The van der Waals surface area contributed by atoms with Gasteiger partial charge in [-0.25, -0.2) is 13.9 Å². The molecule has 3 N–H and O–H groups in total. The molecule has 40 heavy (non-hydrogen) atoms. The van der Waals surface area contributed by atoms with Crippen molar-refractivity contribution in [3.8, 4) is 5.75 Å². The van der Waals surface area contributed by atoms with Gasteiger partial charge >= 0.3 is 0 Å². The highest BCUT2D eigenvalue weighted by molar-refractivity contribution is 5.99. The van der Waals surface area contributed by atoms with Crippen molar-refractivity contribution in [3.63, 3.8) is 0 Å². The first-order chi connectivity index (χ1) is 19.3.